The van der Waals surface area contributed by atoms with Crippen molar-refractivity contribution in [2.24, 2.45) is 5.92 Å². The summed E-state index contributed by atoms with van der Waals surface area (Å²) >= 11 is 1.27. The average Bonchev–Trinajstić information content (AvgIpc) is 2.61. The zero-order chi connectivity index (χ0) is 21.0. The van der Waals surface area contributed by atoms with Gasteiger partial charge < -0.3 is 31.3 Å². The predicted molar refractivity (Wildman–Crippen MR) is 100 cm³/mol. The van der Waals surface area contributed by atoms with Gasteiger partial charge in [-0.3, -0.25) is 9.59 Å². The summed E-state index contributed by atoms with van der Waals surface area (Å²) in [6.07, 6.45) is 0.674. The van der Waals surface area contributed by atoms with Crippen LogP contribution in [0.5, 0.6) is 0 Å². The molecule has 0 saturated heterocycles. The first kappa shape index (κ1) is 25.1. The van der Waals surface area contributed by atoms with E-state index < -0.39 is 48.4 Å². The van der Waals surface area contributed by atoms with Crippen molar-refractivity contribution in [2.45, 2.75) is 44.4 Å². The highest BCUT2D eigenvalue weighted by atomic mass is 32.2. The number of amides is 2. The number of aliphatic hydroxyl groups is 1. The molecule has 0 fully saturated rings. The fraction of sp³-hybridized carbons (Fsp3) is 0.750. The number of carbonyl (C=O) groups excluding carboxylic acids is 2. The van der Waals surface area contributed by atoms with Gasteiger partial charge in [0.2, 0.25) is 11.8 Å². The third kappa shape index (κ3) is 10.8. The first-order chi connectivity index (χ1) is 12.6. The van der Waals surface area contributed by atoms with Crippen molar-refractivity contribution < 1.29 is 34.5 Å². The highest BCUT2D eigenvalue weighted by Gasteiger charge is 2.27. The van der Waals surface area contributed by atoms with Crippen LogP contribution in [-0.4, -0.2) is 82.9 Å². The quantitative estimate of drug-likeness (QED) is 0.209. The lowest BCUT2D eigenvalue weighted by Gasteiger charge is -2.21. The van der Waals surface area contributed by atoms with Crippen LogP contribution >= 0.6 is 11.8 Å². The number of carboxylic acids is 2. The Kier molecular flexibility index (Phi) is 12.4. The molecule has 0 aromatic carbocycles. The number of aliphatic carboxylic acids is 2. The van der Waals surface area contributed by atoms with Crippen LogP contribution in [0.1, 0.15) is 26.2 Å². The molecule has 0 heterocycles. The predicted octanol–water partition coefficient (Wildman–Crippen LogP) is -1.13. The van der Waals surface area contributed by atoms with Crippen molar-refractivity contribution in [1.29, 1.82) is 0 Å². The number of carbonyl (C=O) groups is 4. The van der Waals surface area contributed by atoms with E-state index in [1.54, 1.807) is 13.3 Å². The lowest BCUT2D eigenvalue weighted by atomic mass is 9.95. The highest BCUT2D eigenvalue weighted by Crippen LogP contribution is 2.14. The normalized spacial score (nSPS) is 15.3. The van der Waals surface area contributed by atoms with Gasteiger partial charge in [-0.25, -0.2) is 9.59 Å². The summed E-state index contributed by atoms with van der Waals surface area (Å²) in [4.78, 5) is 46.3. The van der Waals surface area contributed by atoms with Crippen molar-refractivity contribution in [3.8, 4) is 0 Å². The number of nitrogens with one attached hydrogen (secondary N) is 3. The van der Waals surface area contributed by atoms with Crippen LogP contribution in [0.2, 0.25) is 0 Å². The first-order valence-corrected chi connectivity index (χ1v) is 9.88. The molecule has 11 heteroatoms. The van der Waals surface area contributed by atoms with E-state index in [2.05, 4.69) is 16.0 Å². The number of thioether (sulfide) groups is 1. The number of hydrogen-bond acceptors (Lipinski definition) is 7. The molecule has 0 rings (SSSR count). The largest absolute Gasteiger partial charge is 0.480 e. The van der Waals surface area contributed by atoms with Crippen LogP contribution < -0.4 is 16.0 Å². The number of carboxylic acid groups (broad SMARTS) is 2. The van der Waals surface area contributed by atoms with Gasteiger partial charge in [0.1, 0.15) is 6.04 Å². The number of rotatable bonds is 14. The molecule has 156 valence electrons. The summed E-state index contributed by atoms with van der Waals surface area (Å²) < 4.78 is 0. The van der Waals surface area contributed by atoms with Gasteiger partial charge in [0.05, 0.1) is 6.54 Å². The van der Waals surface area contributed by atoms with E-state index in [0.29, 0.717) is 12.8 Å². The Labute approximate surface area is 162 Å². The molecular weight excluding hydrogens is 378 g/mol. The van der Waals surface area contributed by atoms with Crippen LogP contribution in [0, 0.1) is 5.92 Å². The molecule has 0 aromatic rings. The maximum atomic E-state index is 12.5. The van der Waals surface area contributed by atoms with Crippen LogP contribution in [0.15, 0.2) is 0 Å². The summed E-state index contributed by atoms with van der Waals surface area (Å²) in [5.41, 5.74) is 0. The Hall–Kier alpha value is -1.85. The molecule has 6 N–H and O–H groups in total. The van der Waals surface area contributed by atoms with Crippen molar-refractivity contribution >= 4 is 35.5 Å². The van der Waals surface area contributed by atoms with Crippen molar-refractivity contribution in [3.05, 3.63) is 0 Å². The fourth-order valence-electron chi connectivity index (χ4n) is 2.15. The van der Waals surface area contributed by atoms with Gasteiger partial charge in [-0.15, -0.1) is 0 Å². The van der Waals surface area contributed by atoms with Crippen LogP contribution in [0.3, 0.4) is 0 Å². The van der Waals surface area contributed by atoms with Gasteiger partial charge in [-0.1, -0.05) is 0 Å². The van der Waals surface area contributed by atoms with Crippen LogP contribution in [0.4, 0.5) is 0 Å². The molecule has 0 aliphatic carbocycles. The second kappa shape index (κ2) is 13.3. The molecule has 0 spiro atoms. The fourth-order valence-corrected chi connectivity index (χ4v) is 2.71. The number of aliphatic hydroxyl groups excluding tert-OH is 1. The first-order valence-electron chi connectivity index (χ1n) is 8.49. The molecule has 0 aromatic heterocycles. The molecule has 0 aliphatic heterocycles. The molecule has 4 atom stereocenters. The Morgan fingerprint density at radius 2 is 1.70 bits per heavy atom. The third-order valence-electron chi connectivity index (χ3n) is 3.97. The van der Waals surface area contributed by atoms with E-state index in [4.69, 9.17) is 10.2 Å². The molecule has 10 nitrogen and oxygen atoms in total. The molecular formula is C16H29N3O7S. The van der Waals surface area contributed by atoms with E-state index in [9.17, 15) is 24.3 Å². The molecule has 0 radical (unpaired) electrons. The van der Waals surface area contributed by atoms with Crippen molar-refractivity contribution in [2.75, 3.05) is 25.6 Å². The highest BCUT2D eigenvalue weighted by molar-refractivity contribution is 7.98. The van der Waals surface area contributed by atoms with E-state index in [0.717, 1.165) is 0 Å². The molecule has 4 unspecified atom stereocenters. The Bertz CT molecular complexity index is 518. The monoisotopic (exact) mass is 407 g/mol. The molecule has 27 heavy (non-hydrogen) atoms. The minimum Gasteiger partial charge on any atom is -0.480 e. The summed E-state index contributed by atoms with van der Waals surface area (Å²) in [6.45, 7) is 1.44. The molecule has 0 saturated carbocycles. The maximum absolute atomic E-state index is 12.5. The van der Waals surface area contributed by atoms with Crippen LogP contribution in [-0.2, 0) is 19.2 Å². The van der Waals surface area contributed by atoms with Gasteiger partial charge in [0.15, 0.2) is 6.10 Å². The standard InChI is InChI=1S/C16H29N3O7S/c1-9(17-2)4-5-10(6-13(21)18-7-12(20)16(25)26)14(22)19-11(8-27-3)15(23)24/h9-12,17,20H,4-8H2,1-3H3,(H,18,21)(H,19,22)(H,23,24)(H,25,26). The Morgan fingerprint density at radius 3 is 2.19 bits per heavy atom. The average molecular weight is 407 g/mol. The minimum atomic E-state index is -1.73. The van der Waals surface area contributed by atoms with E-state index >= 15 is 0 Å². The molecule has 0 aliphatic rings. The summed E-state index contributed by atoms with van der Waals surface area (Å²) in [6, 6.07) is -0.965. The lowest BCUT2D eigenvalue weighted by Crippen LogP contribution is -2.46. The second-order valence-electron chi connectivity index (χ2n) is 6.18. The zero-order valence-electron chi connectivity index (χ0n) is 15.7. The van der Waals surface area contributed by atoms with E-state index in [-0.39, 0.29) is 18.2 Å². The second-order valence-corrected chi connectivity index (χ2v) is 7.09. The Balaban J connectivity index is 4.93. The SMILES string of the molecule is CNC(C)CCC(CC(=O)NCC(O)C(=O)O)C(=O)NC(CSC)C(=O)O. The van der Waals surface area contributed by atoms with Gasteiger partial charge in [-0.2, -0.15) is 11.8 Å². The lowest BCUT2D eigenvalue weighted by molar-refractivity contribution is -0.146. The van der Waals surface area contributed by atoms with Gasteiger partial charge in [0, 0.05) is 24.1 Å². The number of hydrogen-bond donors (Lipinski definition) is 6. The topological polar surface area (TPSA) is 165 Å². The Morgan fingerprint density at radius 1 is 1.07 bits per heavy atom. The van der Waals surface area contributed by atoms with Gasteiger partial charge >= 0.3 is 11.9 Å². The molecule has 2 amide bonds. The van der Waals surface area contributed by atoms with Gasteiger partial charge in [0.25, 0.3) is 0 Å². The van der Waals surface area contributed by atoms with Crippen molar-refractivity contribution in [3.63, 3.8) is 0 Å². The third-order valence-corrected chi connectivity index (χ3v) is 4.64. The zero-order valence-corrected chi connectivity index (χ0v) is 16.5. The van der Waals surface area contributed by atoms with E-state index in [1.165, 1.54) is 11.8 Å². The maximum Gasteiger partial charge on any atom is 0.334 e. The smallest absolute Gasteiger partial charge is 0.334 e. The molecule has 0 bridgehead atoms. The van der Waals surface area contributed by atoms with E-state index in [1.807, 2.05) is 6.92 Å². The summed E-state index contributed by atoms with van der Waals surface area (Å²) in [7, 11) is 1.76. The summed E-state index contributed by atoms with van der Waals surface area (Å²) in [5, 5.41) is 34.7. The van der Waals surface area contributed by atoms with Gasteiger partial charge in [-0.05, 0) is 33.1 Å². The summed E-state index contributed by atoms with van der Waals surface area (Å²) in [5.74, 6) is -4.34. The van der Waals surface area contributed by atoms with Crippen LogP contribution in [0.25, 0.3) is 0 Å². The minimum absolute atomic E-state index is 0.0960. The van der Waals surface area contributed by atoms with Crippen molar-refractivity contribution in [1.82, 2.24) is 16.0 Å².